The van der Waals surface area contributed by atoms with Gasteiger partial charge in [-0.25, -0.2) is 4.99 Å². The molecule has 1 fully saturated rings. The second-order valence-corrected chi connectivity index (χ2v) is 5.85. The summed E-state index contributed by atoms with van der Waals surface area (Å²) < 4.78 is 11.5. The van der Waals surface area contributed by atoms with E-state index in [0.29, 0.717) is 6.42 Å². The van der Waals surface area contributed by atoms with Crippen molar-refractivity contribution in [2.45, 2.75) is 57.0 Å². The lowest BCUT2D eigenvalue weighted by molar-refractivity contribution is -0.130. The second kappa shape index (κ2) is 6.34. The fraction of sp³-hybridized carbons (Fsp3) is 0.714. The molecule has 3 heterocycles. The lowest BCUT2D eigenvalue weighted by Gasteiger charge is -2.34. The van der Waals surface area contributed by atoms with Crippen LogP contribution in [-0.4, -0.2) is 77.7 Å². The maximum Gasteiger partial charge on any atom is 0.162 e. The number of carbonyl (C=O) groups is 1. The minimum absolute atomic E-state index is 0.0856. The smallest absolute Gasteiger partial charge is 0.162 e. The Labute approximate surface area is 133 Å². The summed E-state index contributed by atoms with van der Waals surface area (Å²) in [5.41, 5.74) is 0. The molecule has 0 radical (unpaired) electrons. The highest BCUT2D eigenvalue weighted by Gasteiger charge is 2.50. The summed E-state index contributed by atoms with van der Waals surface area (Å²) in [6, 6.07) is -0.421. The maximum atomic E-state index is 11.2. The van der Waals surface area contributed by atoms with Crippen molar-refractivity contribution in [3.8, 4) is 0 Å². The molecule has 0 aliphatic carbocycles. The van der Waals surface area contributed by atoms with E-state index < -0.39 is 30.6 Å². The van der Waals surface area contributed by atoms with Crippen LogP contribution in [0.2, 0.25) is 0 Å². The first-order valence-corrected chi connectivity index (χ1v) is 7.65. The van der Waals surface area contributed by atoms with E-state index in [4.69, 9.17) is 14.9 Å². The predicted molar refractivity (Wildman–Crippen MR) is 82.6 cm³/mol. The monoisotopic (exact) mass is 323 g/mol. The SMILES string of the molecule is CC[C@H]1O[C@@H](N2C=NC3C(=N)NC=NC32)[C@@H](OCC(C)=O)C1O. The highest BCUT2D eigenvalue weighted by atomic mass is 16.6. The molecule has 3 N–H and O–H groups in total. The highest BCUT2D eigenvalue weighted by molar-refractivity contribution is 5.97. The first-order valence-electron chi connectivity index (χ1n) is 7.65. The number of fused-ring (bicyclic) bond motifs is 1. The lowest BCUT2D eigenvalue weighted by atomic mass is 10.1. The molecule has 0 aromatic heterocycles. The minimum Gasteiger partial charge on any atom is -0.388 e. The third kappa shape index (κ3) is 2.87. The van der Waals surface area contributed by atoms with Crippen LogP contribution in [0.4, 0.5) is 0 Å². The molecule has 3 unspecified atom stereocenters. The van der Waals surface area contributed by atoms with E-state index in [0.717, 1.165) is 0 Å². The fourth-order valence-electron chi connectivity index (χ4n) is 3.01. The van der Waals surface area contributed by atoms with Gasteiger partial charge in [0.25, 0.3) is 0 Å². The third-order valence-electron chi connectivity index (χ3n) is 4.18. The third-order valence-corrected chi connectivity index (χ3v) is 4.18. The van der Waals surface area contributed by atoms with Crippen LogP contribution in [0.15, 0.2) is 9.98 Å². The van der Waals surface area contributed by atoms with Gasteiger partial charge in [-0.2, -0.15) is 0 Å². The topological polar surface area (TPSA) is 120 Å². The number of ketones is 1. The maximum absolute atomic E-state index is 11.2. The molecule has 0 aromatic rings. The second-order valence-electron chi connectivity index (χ2n) is 5.85. The Morgan fingerprint density at radius 2 is 2.35 bits per heavy atom. The molecule has 1 saturated heterocycles. The van der Waals surface area contributed by atoms with Gasteiger partial charge in [-0.3, -0.25) is 15.2 Å². The van der Waals surface area contributed by atoms with E-state index in [9.17, 15) is 9.90 Å². The van der Waals surface area contributed by atoms with E-state index in [1.54, 1.807) is 11.2 Å². The molecule has 9 nitrogen and oxygen atoms in total. The lowest BCUT2D eigenvalue weighted by Crippen LogP contribution is -2.53. The van der Waals surface area contributed by atoms with Gasteiger partial charge in [0, 0.05) is 0 Å². The Balaban J connectivity index is 1.80. The molecule has 126 valence electrons. The molecule has 3 aliphatic rings. The molecular weight excluding hydrogens is 302 g/mol. The van der Waals surface area contributed by atoms with Crippen molar-refractivity contribution < 1.29 is 19.4 Å². The summed E-state index contributed by atoms with van der Waals surface area (Å²) >= 11 is 0. The van der Waals surface area contributed by atoms with Gasteiger partial charge in [-0.1, -0.05) is 6.92 Å². The Kier molecular flexibility index (Phi) is 4.42. The molecule has 3 rings (SSSR count). The van der Waals surface area contributed by atoms with Gasteiger partial charge in [-0.15, -0.1) is 0 Å². The van der Waals surface area contributed by atoms with Crippen molar-refractivity contribution in [2.24, 2.45) is 9.98 Å². The number of aliphatic imine (C=N–C) groups is 2. The average Bonchev–Trinajstić information content (AvgIpc) is 3.07. The van der Waals surface area contributed by atoms with E-state index in [2.05, 4.69) is 15.3 Å². The number of aliphatic hydroxyl groups excluding tert-OH is 1. The first-order chi connectivity index (χ1) is 11.0. The van der Waals surface area contributed by atoms with E-state index in [1.807, 2.05) is 6.92 Å². The summed E-state index contributed by atoms with van der Waals surface area (Å²) in [5, 5.41) is 21.0. The summed E-state index contributed by atoms with van der Waals surface area (Å²) in [7, 11) is 0. The van der Waals surface area contributed by atoms with Crippen molar-refractivity contribution in [2.75, 3.05) is 6.61 Å². The fourth-order valence-corrected chi connectivity index (χ4v) is 3.01. The van der Waals surface area contributed by atoms with Gasteiger partial charge in [-0.05, 0) is 13.3 Å². The molecule has 9 heteroatoms. The Morgan fingerprint density at radius 3 is 3.04 bits per heavy atom. The summed E-state index contributed by atoms with van der Waals surface area (Å²) in [6.45, 7) is 3.26. The zero-order valence-electron chi connectivity index (χ0n) is 13.0. The Bertz CT molecular complexity index is 551. The largest absolute Gasteiger partial charge is 0.388 e. The average molecular weight is 323 g/mol. The highest BCUT2D eigenvalue weighted by Crippen LogP contribution is 2.32. The van der Waals surface area contributed by atoms with Gasteiger partial charge < -0.3 is 24.8 Å². The van der Waals surface area contributed by atoms with Crippen molar-refractivity contribution in [1.82, 2.24) is 10.2 Å². The molecule has 3 aliphatic heterocycles. The van der Waals surface area contributed by atoms with E-state index >= 15 is 0 Å². The van der Waals surface area contributed by atoms with E-state index in [1.165, 1.54) is 13.3 Å². The van der Waals surface area contributed by atoms with Crippen LogP contribution < -0.4 is 5.32 Å². The van der Waals surface area contributed by atoms with Gasteiger partial charge in [0.15, 0.2) is 18.2 Å². The molecular formula is C14H21N5O4. The van der Waals surface area contributed by atoms with Crippen molar-refractivity contribution >= 4 is 24.3 Å². The normalized spacial score (nSPS) is 38.7. The Morgan fingerprint density at radius 1 is 1.57 bits per heavy atom. The van der Waals surface area contributed by atoms with E-state index in [-0.39, 0.29) is 24.3 Å². The number of nitrogens with zero attached hydrogens (tertiary/aromatic N) is 3. The number of ether oxygens (including phenoxy) is 2. The number of carbonyl (C=O) groups excluding carboxylic acids is 1. The quantitative estimate of drug-likeness (QED) is 0.603. The minimum atomic E-state index is -0.832. The van der Waals surface area contributed by atoms with Crippen LogP contribution in [0.1, 0.15) is 20.3 Å². The van der Waals surface area contributed by atoms with Crippen molar-refractivity contribution in [3.63, 3.8) is 0 Å². The van der Waals surface area contributed by atoms with Crippen molar-refractivity contribution in [3.05, 3.63) is 0 Å². The number of hydrogen-bond donors (Lipinski definition) is 3. The molecule has 0 spiro atoms. The number of aliphatic hydroxyl groups is 1. The molecule has 0 aromatic carbocycles. The molecule has 0 saturated carbocycles. The number of amidine groups is 1. The zero-order chi connectivity index (χ0) is 16.6. The number of Topliss-reactive ketones (excluding diaryl/α,β-unsaturated/α-hetero) is 1. The van der Waals surface area contributed by atoms with Gasteiger partial charge in [0.1, 0.15) is 30.7 Å². The number of nitrogens with one attached hydrogen (secondary N) is 2. The molecule has 23 heavy (non-hydrogen) atoms. The number of hydrogen-bond acceptors (Lipinski definition) is 8. The standard InChI is InChI=1S/C14H21N5O4/c1-3-8-10(21)11(22-4-7(2)20)14(23-8)19-6-18-9-12(15)16-5-17-13(9)19/h5-6,8-11,13-14,21H,3-4H2,1-2H3,(H2,15,16,17)/t8-,9?,10?,11+,13?,14-/m1/s1. The number of rotatable bonds is 5. The van der Waals surface area contributed by atoms with Crippen LogP contribution in [0.3, 0.4) is 0 Å². The van der Waals surface area contributed by atoms with Crippen LogP contribution in [0, 0.1) is 5.41 Å². The van der Waals surface area contributed by atoms with Crippen molar-refractivity contribution in [1.29, 1.82) is 5.41 Å². The van der Waals surface area contributed by atoms with Gasteiger partial charge in [0.2, 0.25) is 0 Å². The molecule has 6 atom stereocenters. The van der Waals surface area contributed by atoms with Crippen LogP contribution in [0.5, 0.6) is 0 Å². The van der Waals surface area contributed by atoms with Crippen LogP contribution in [0.25, 0.3) is 0 Å². The zero-order valence-corrected chi connectivity index (χ0v) is 13.0. The first kappa shape index (κ1) is 16.0. The van der Waals surface area contributed by atoms with Gasteiger partial charge >= 0.3 is 0 Å². The molecule has 0 bridgehead atoms. The predicted octanol–water partition coefficient (Wildman–Crippen LogP) is -0.896. The summed E-state index contributed by atoms with van der Waals surface area (Å²) in [4.78, 5) is 21.6. The van der Waals surface area contributed by atoms with Gasteiger partial charge in [0.05, 0.1) is 18.8 Å². The van der Waals surface area contributed by atoms with Crippen LogP contribution >= 0.6 is 0 Å². The summed E-state index contributed by atoms with van der Waals surface area (Å²) in [6.07, 6.45) is 0.769. The Hall–Kier alpha value is -1.84. The van der Waals surface area contributed by atoms with Crippen LogP contribution in [-0.2, 0) is 14.3 Å². The molecule has 0 amide bonds. The summed E-state index contributed by atoms with van der Waals surface area (Å²) in [5.74, 6) is 0.140.